The Morgan fingerprint density at radius 2 is 1.55 bits per heavy atom. The molecule has 0 saturated carbocycles. The highest BCUT2D eigenvalue weighted by atomic mass is 32.2. The molecule has 1 N–H and O–H groups in total. The molecule has 2 saturated heterocycles. The van der Waals surface area contributed by atoms with Crippen molar-refractivity contribution in [1.82, 2.24) is 4.31 Å². The normalized spacial score (nSPS) is 21.8. The molecule has 0 bridgehead atoms. The molecule has 31 heavy (non-hydrogen) atoms. The number of halogens is 5. The number of alkyl halides is 5. The number of sulfonamides is 1. The van der Waals surface area contributed by atoms with Gasteiger partial charge in [-0.3, -0.25) is 4.79 Å². The van der Waals surface area contributed by atoms with Crippen molar-refractivity contribution in [2.24, 2.45) is 5.92 Å². The second-order valence-corrected chi connectivity index (χ2v) is 10.7. The first-order chi connectivity index (χ1) is 14.3. The lowest BCUT2D eigenvalue weighted by Gasteiger charge is -2.39. The molecule has 0 aromatic carbocycles. The lowest BCUT2D eigenvalue weighted by molar-refractivity contribution is -0.284. The van der Waals surface area contributed by atoms with Crippen molar-refractivity contribution >= 4 is 16.0 Å². The number of nitrogens with zero attached hydrogens (tertiary/aromatic N) is 1. The van der Waals surface area contributed by atoms with E-state index < -0.39 is 39.3 Å². The summed E-state index contributed by atoms with van der Waals surface area (Å²) in [5.74, 6) is -5.78. The van der Waals surface area contributed by atoms with Gasteiger partial charge in [-0.1, -0.05) is 25.7 Å². The molecular formula is C19H30F5NO5S. The van der Waals surface area contributed by atoms with E-state index in [0.717, 1.165) is 6.42 Å². The fraction of sp³-hybridized carbons (Fsp3) is 0.947. The molecule has 2 rings (SSSR count). The molecule has 0 aromatic rings. The number of hydrogen-bond acceptors (Lipinski definition) is 4. The molecule has 2 fully saturated rings. The smallest absolute Gasteiger partial charge is 0.453 e. The number of aliphatic carboxylic acids is 1. The number of piperidine rings is 1. The van der Waals surface area contributed by atoms with Gasteiger partial charge in [-0.25, -0.2) is 12.7 Å². The number of hydrogen-bond donors (Lipinski definition) is 1. The largest absolute Gasteiger partial charge is 0.480 e. The molecule has 0 aromatic heterocycles. The second-order valence-electron chi connectivity index (χ2n) is 8.41. The summed E-state index contributed by atoms with van der Waals surface area (Å²) in [6.45, 7) is 0.606. The van der Waals surface area contributed by atoms with Gasteiger partial charge in [0, 0.05) is 45.6 Å². The zero-order chi connectivity index (χ0) is 23.3. The SMILES string of the molecule is O=C(O)C1(S(=O)(=O)N2CCC(CCCCCCC(F)(F)C(F)(F)F)CC2)CCOCC1. The third kappa shape index (κ3) is 6.07. The molecule has 0 aliphatic carbocycles. The van der Waals surface area contributed by atoms with Crippen molar-refractivity contribution in [3.8, 4) is 0 Å². The number of unbranched alkanes of at least 4 members (excludes halogenated alkanes) is 3. The quantitative estimate of drug-likeness (QED) is 0.375. The van der Waals surface area contributed by atoms with E-state index in [-0.39, 0.29) is 57.9 Å². The van der Waals surface area contributed by atoms with Gasteiger partial charge < -0.3 is 9.84 Å². The Hall–Kier alpha value is -1.01. The minimum atomic E-state index is -5.51. The molecule has 12 heteroatoms. The molecule has 2 aliphatic rings. The maximum Gasteiger partial charge on any atom is 0.453 e. The minimum Gasteiger partial charge on any atom is -0.480 e. The van der Waals surface area contributed by atoms with Crippen molar-refractivity contribution in [3.63, 3.8) is 0 Å². The molecule has 0 amide bonds. The summed E-state index contributed by atoms with van der Waals surface area (Å²) in [7, 11) is -4.04. The van der Waals surface area contributed by atoms with Crippen molar-refractivity contribution in [3.05, 3.63) is 0 Å². The second kappa shape index (κ2) is 10.3. The van der Waals surface area contributed by atoms with Gasteiger partial charge >= 0.3 is 18.1 Å². The highest BCUT2D eigenvalue weighted by Crippen LogP contribution is 2.39. The summed E-state index contributed by atoms with van der Waals surface area (Å²) in [6.07, 6.45) is -3.73. The first-order valence-corrected chi connectivity index (χ1v) is 12.0. The van der Waals surface area contributed by atoms with Gasteiger partial charge in [0.1, 0.15) is 0 Å². The Kier molecular flexibility index (Phi) is 8.71. The van der Waals surface area contributed by atoms with Crippen LogP contribution in [0.15, 0.2) is 0 Å². The fourth-order valence-corrected chi connectivity index (χ4v) is 6.33. The van der Waals surface area contributed by atoms with Crippen molar-refractivity contribution in [2.75, 3.05) is 26.3 Å². The van der Waals surface area contributed by atoms with E-state index >= 15 is 0 Å². The third-order valence-electron chi connectivity index (χ3n) is 6.37. The number of carboxylic acid groups (broad SMARTS) is 1. The molecule has 0 radical (unpaired) electrons. The Balaban J connectivity index is 1.73. The van der Waals surface area contributed by atoms with Crippen LogP contribution in [0.3, 0.4) is 0 Å². The Morgan fingerprint density at radius 1 is 1.00 bits per heavy atom. The van der Waals surface area contributed by atoms with Crippen LogP contribution in [0.1, 0.15) is 64.2 Å². The molecule has 6 nitrogen and oxygen atoms in total. The molecule has 2 heterocycles. The van der Waals surface area contributed by atoms with Crippen LogP contribution in [0, 0.1) is 5.92 Å². The van der Waals surface area contributed by atoms with Gasteiger partial charge in [-0.05, 0) is 25.2 Å². The monoisotopic (exact) mass is 479 g/mol. The van der Waals surface area contributed by atoms with Crippen LogP contribution in [0.2, 0.25) is 0 Å². The predicted molar refractivity (Wildman–Crippen MR) is 102 cm³/mol. The van der Waals surface area contributed by atoms with Crippen LogP contribution in [0.5, 0.6) is 0 Å². The maximum absolute atomic E-state index is 13.0. The van der Waals surface area contributed by atoms with Crippen LogP contribution in [0.4, 0.5) is 22.0 Å². The molecule has 182 valence electrons. The molecule has 0 unspecified atom stereocenters. The Morgan fingerprint density at radius 3 is 2.06 bits per heavy atom. The summed E-state index contributed by atoms with van der Waals surface area (Å²) < 4.78 is 92.7. The van der Waals surface area contributed by atoms with Gasteiger partial charge in [0.2, 0.25) is 10.0 Å². The van der Waals surface area contributed by atoms with E-state index in [4.69, 9.17) is 4.74 Å². The predicted octanol–water partition coefficient (Wildman–Crippen LogP) is 4.20. The Labute approximate surface area is 179 Å². The number of ether oxygens (including phenoxy) is 1. The summed E-state index contributed by atoms with van der Waals surface area (Å²) in [6, 6.07) is 0. The Bertz CT molecular complexity index is 699. The first-order valence-electron chi connectivity index (χ1n) is 10.6. The van der Waals surface area contributed by atoms with E-state index in [0.29, 0.717) is 25.7 Å². The van der Waals surface area contributed by atoms with Gasteiger partial charge in [-0.2, -0.15) is 22.0 Å². The minimum absolute atomic E-state index is 0.0803. The topological polar surface area (TPSA) is 83.9 Å². The van der Waals surface area contributed by atoms with E-state index in [1.165, 1.54) is 4.31 Å². The van der Waals surface area contributed by atoms with Crippen molar-refractivity contribution < 1.29 is 45.0 Å². The van der Waals surface area contributed by atoms with Gasteiger partial charge in [0.05, 0.1) is 0 Å². The molecular weight excluding hydrogens is 449 g/mol. The lowest BCUT2D eigenvalue weighted by atomic mass is 9.92. The van der Waals surface area contributed by atoms with E-state index in [1.807, 2.05) is 0 Å². The lowest BCUT2D eigenvalue weighted by Crippen LogP contribution is -2.57. The molecule has 0 spiro atoms. The summed E-state index contributed by atoms with van der Waals surface area (Å²) >= 11 is 0. The highest BCUT2D eigenvalue weighted by Gasteiger charge is 2.56. The van der Waals surface area contributed by atoms with Gasteiger partial charge in [0.15, 0.2) is 4.75 Å². The fourth-order valence-electron chi connectivity index (χ4n) is 4.24. The van der Waals surface area contributed by atoms with Gasteiger partial charge in [-0.15, -0.1) is 0 Å². The summed E-state index contributed by atoms with van der Waals surface area (Å²) in [5, 5.41) is 9.62. The van der Waals surface area contributed by atoms with Crippen LogP contribution in [-0.2, 0) is 19.6 Å². The highest BCUT2D eigenvalue weighted by molar-refractivity contribution is 7.91. The van der Waals surface area contributed by atoms with Crippen LogP contribution >= 0.6 is 0 Å². The zero-order valence-corrected chi connectivity index (χ0v) is 18.1. The van der Waals surface area contributed by atoms with Gasteiger partial charge in [0.25, 0.3) is 0 Å². The zero-order valence-electron chi connectivity index (χ0n) is 17.3. The van der Waals surface area contributed by atoms with Crippen molar-refractivity contribution in [2.45, 2.75) is 81.1 Å². The standard InChI is InChI=1S/C19H30F5NO5S/c20-18(21,19(22,23)24)8-4-2-1-3-5-15-6-11-25(12-7-15)31(28,29)17(16(26)27)9-13-30-14-10-17/h15H,1-14H2,(H,26,27). The maximum atomic E-state index is 13.0. The average Bonchev–Trinajstić information content (AvgIpc) is 2.70. The number of carbonyl (C=O) groups is 1. The van der Waals surface area contributed by atoms with E-state index in [9.17, 15) is 40.3 Å². The number of carboxylic acids is 1. The first kappa shape index (κ1) is 26.2. The molecule has 2 aliphatic heterocycles. The summed E-state index contributed by atoms with van der Waals surface area (Å²) in [4.78, 5) is 11.8. The third-order valence-corrected chi connectivity index (χ3v) is 8.98. The van der Waals surface area contributed by atoms with Crippen molar-refractivity contribution in [1.29, 1.82) is 0 Å². The van der Waals surface area contributed by atoms with Crippen LogP contribution < -0.4 is 0 Å². The van der Waals surface area contributed by atoms with Crippen LogP contribution in [-0.4, -0.2) is 66.9 Å². The molecule has 0 atom stereocenters. The average molecular weight is 480 g/mol. The van der Waals surface area contributed by atoms with E-state index in [1.54, 1.807) is 0 Å². The number of rotatable bonds is 10. The van der Waals surface area contributed by atoms with Crippen LogP contribution in [0.25, 0.3) is 0 Å². The van der Waals surface area contributed by atoms with E-state index in [2.05, 4.69) is 0 Å². The summed E-state index contributed by atoms with van der Waals surface area (Å²) in [5.41, 5.74) is 0.